The molecule has 1 aliphatic heterocycles. The molecule has 2 aromatic carbocycles. The average Bonchev–Trinajstić information content (AvgIpc) is 3.07. The minimum Gasteiger partial charge on any atom is -0.497 e. The summed E-state index contributed by atoms with van der Waals surface area (Å²) in [6, 6.07) is 11.6. The Bertz CT molecular complexity index is 1320. The number of methoxy groups -OCH3 is 1. The van der Waals surface area contributed by atoms with E-state index < -0.39 is 15.9 Å². The van der Waals surface area contributed by atoms with E-state index in [1.54, 1.807) is 7.11 Å². The first-order chi connectivity index (χ1) is 15.2. The maximum Gasteiger partial charge on any atom is 0.279 e. The third kappa shape index (κ3) is 4.36. The van der Waals surface area contributed by atoms with Gasteiger partial charge in [-0.25, -0.2) is 8.42 Å². The summed E-state index contributed by atoms with van der Waals surface area (Å²) in [6.45, 7) is 4.31. The van der Waals surface area contributed by atoms with Crippen molar-refractivity contribution in [1.29, 1.82) is 0 Å². The lowest BCUT2D eigenvalue weighted by Crippen LogP contribution is -2.48. The van der Waals surface area contributed by atoms with E-state index in [4.69, 9.17) is 9.47 Å². The number of nitrogens with zero attached hydrogens (tertiary/aromatic N) is 3. The predicted molar refractivity (Wildman–Crippen MR) is 122 cm³/mol. The van der Waals surface area contributed by atoms with Crippen LogP contribution in [0.1, 0.15) is 24.2 Å². The normalized spacial score (nSPS) is 20.6. The molecule has 32 heavy (non-hydrogen) atoms. The number of amides is 1. The van der Waals surface area contributed by atoms with E-state index >= 15 is 0 Å². The van der Waals surface area contributed by atoms with Gasteiger partial charge in [0.15, 0.2) is 4.80 Å². The first-order valence-electron chi connectivity index (χ1n) is 10.2. The second-order valence-corrected chi connectivity index (χ2v) is 10.7. The Balaban J connectivity index is 1.60. The van der Waals surface area contributed by atoms with Gasteiger partial charge in [0.25, 0.3) is 5.91 Å². The molecule has 1 aliphatic rings. The number of aromatic nitrogens is 1. The molecule has 1 aromatic heterocycles. The highest BCUT2D eigenvalue weighted by atomic mass is 32.2. The van der Waals surface area contributed by atoms with Gasteiger partial charge in [-0.1, -0.05) is 11.3 Å². The Morgan fingerprint density at radius 2 is 1.78 bits per heavy atom. The van der Waals surface area contributed by atoms with Crippen molar-refractivity contribution in [2.75, 3.05) is 20.2 Å². The molecule has 0 spiro atoms. The van der Waals surface area contributed by atoms with E-state index in [0.29, 0.717) is 23.5 Å². The van der Waals surface area contributed by atoms with Crippen molar-refractivity contribution in [3.8, 4) is 5.75 Å². The molecule has 2 heterocycles. The van der Waals surface area contributed by atoms with E-state index in [1.807, 2.05) is 43.7 Å². The molecule has 0 N–H and O–H groups in total. The number of carbonyl (C=O) groups is 1. The fourth-order valence-electron chi connectivity index (χ4n) is 3.74. The van der Waals surface area contributed by atoms with Crippen molar-refractivity contribution in [3.63, 3.8) is 0 Å². The zero-order chi connectivity index (χ0) is 23.0. The number of hydrogen-bond acceptors (Lipinski definition) is 6. The number of fused-ring (bicyclic) bond motifs is 1. The highest BCUT2D eigenvalue weighted by Crippen LogP contribution is 2.23. The molecular formula is C22H25N3O5S2. The van der Waals surface area contributed by atoms with Gasteiger partial charge in [-0.05, 0) is 56.3 Å². The molecule has 8 nitrogen and oxygen atoms in total. The number of rotatable bonds is 4. The number of sulfonamides is 1. The number of ether oxygens (including phenoxy) is 2. The maximum atomic E-state index is 13.0. The van der Waals surface area contributed by atoms with E-state index in [9.17, 15) is 13.2 Å². The van der Waals surface area contributed by atoms with Crippen LogP contribution in [-0.4, -0.2) is 55.6 Å². The van der Waals surface area contributed by atoms with Crippen molar-refractivity contribution in [2.45, 2.75) is 31.0 Å². The number of morpholine rings is 1. The Labute approximate surface area is 190 Å². The predicted octanol–water partition coefficient (Wildman–Crippen LogP) is 2.79. The molecule has 1 fully saturated rings. The molecule has 10 heteroatoms. The van der Waals surface area contributed by atoms with E-state index in [2.05, 4.69) is 4.99 Å². The Morgan fingerprint density at radius 3 is 2.41 bits per heavy atom. The number of thiazole rings is 1. The second kappa shape index (κ2) is 8.78. The van der Waals surface area contributed by atoms with Crippen LogP contribution in [0.3, 0.4) is 0 Å². The van der Waals surface area contributed by atoms with Crippen LogP contribution in [0.15, 0.2) is 52.4 Å². The van der Waals surface area contributed by atoms with Crippen LogP contribution in [0.5, 0.6) is 5.75 Å². The van der Waals surface area contributed by atoms with Crippen molar-refractivity contribution in [2.24, 2.45) is 12.0 Å². The summed E-state index contributed by atoms with van der Waals surface area (Å²) < 4.78 is 41.1. The maximum absolute atomic E-state index is 13.0. The summed E-state index contributed by atoms with van der Waals surface area (Å²) in [7, 11) is -0.213. The van der Waals surface area contributed by atoms with Crippen LogP contribution < -0.4 is 9.54 Å². The van der Waals surface area contributed by atoms with Crippen LogP contribution in [-0.2, 0) is 21.8 Å². The lowest BCUT2D eigenvalue weighted by Gasteiger charge is -2.34. The Morgan fingerprint density at radius 1 is 1.12 bits per heavy atom. The molecule has 2 atom stereocenters. The minimum atomic E-state index is -3.66. The highest BCUT2D eigenvalue weighted by Gasteiger charge is 2.32. The van der Waals surface area contributed by atoms with Gasteiger partial charge in [0.05, 0.1) is 34.4 Å². The zero-order valence-electron chi connectivity index (χ0n) is 18.3. The molecule has 4 rings (SSSR count). The van der Waals surface area contributed by atoms with Gasteiger partial charge in [-0.3, -0.25) is 4.79 Å². The minimum absolute atomic E-state index is 0.148. The second-order valence-electron chi connectivity index (χ2n) is 7.80. The van der Waals surface area contributed by atoms with Gasteiger partial charge in [-0.2, -0.15) is 9.30 Å². The smallest absolute Gasteiger partial charge is 0.279 e. The fourth-order valence-corrected chi connectivity index (χ4v) is 6.38. The number of benzene rings is 2. The molecule has 170 valence electrons. The zero-order valence-corrected chi connectivity index (χ0v) is 19.9. The third-order valence-corrected chi connectivity index (χ3v) is 8.28. The van der Waals surface area contributed by atoms with Gasteiger partial charge < -0.3 is 14.0 Å². The van der Waals surface area contributed by atoms with Crippen LogP contribution in [0.25, 0.3) is 10.2 Å². The molecule has 0 bridgehead atoms. The van der Waals surface area contributed by atoms with Gasteiger partial charge >= 0.3 is 0 Å². The van der Waals surface area contributed by atoms with Gasteiger partial charge in [-0.15, -0.1) is 0 Å². The van der Waals surface area contributed by atoms with Crippen LogP contribution >= 0.6 is 11.3 Å². The first kappa shape index (κ1) is 22.7. The topological polar surface area (TPSA) is 90.2 Å². The molecule has 0 radical (unpaired) electrons. The number of hydrogen-bond donors (Lipinski definition) is 0. The summed E-state index contributed by atoms with van der Waals surface area (Å²) in [4.78, 5) is 17.7. The summed E-state index contributed by atoms with van der Waals surface area (Å²) in [6.07, 6.45) is -0.342. The van der Waals surface area contributed by atoms with Crippen molar-refractivity contribution in [1.82, 2.24) is 8.87 Å². The lowest BCUT2D eigenvalue weighted by atomic mass is 10.2. The monoisotopic (exact) mass is 475 g/mol. The molecule has 1 saturated heterocycles. The average molecular weight is 476 g/mol. The van der Waals surface area contributed by atoms with Crippen molar-refractivity contribution < 1.29 is 22.7 Å². The summed E-state index contributed by atoms with van der Waals surface area (Å²) >= 11 is 1.38. The standard InChI is InChI=1S/C22H25N3O5S2/c1-14-12-25(13-15(2)30-14)32(27,28)18-8-5-16(6-9-18)21(26)23-22-24(3)19-10-7-17(29-4)11-20(19)31-22/h5-11,14-15H,12-13H2,1-4H3/t14-,15-/m0/s1. The largest absolute Gasteiger partial charge is 0.497 e. The third-order valence-electron chi connectivity index (χ3n) is 5.34. The first-order valence-corrected chi connectivity index (χ1v) is 12.4. The lowest BCUT2D eigenvalue weighted by molar-refractivity contribution is -0.0440. The van der Waals surface area contributed by atoms with Crippen molar-refractivity contribution in [3.05, 3.63) is 52.8 Å². The van der Waals surface area contributed by atoms with Crippen LogP contribution in [0.2, 0.25) is 0 Å². The van der Waals surface area contributed by atoms with E-state index in [1.165, 1.54) is 39.9 Å². The summed E-state index contributed by atoms with van der Waals surface area (Å²) in [5.41, 5.74) is 1.26. The highest BCUT2D eigenvalue weighted by molar-refractivity contribution is 7.89. The Hall–Kier alpha value is -2.53. The quantitative estimate of drug-likeness (QED) is 0.579. The van der Waals surface area contributed by atoms with E-state index in [0.717, 1.165) is 16.0 Å². The van der Waals surface area contributed by atoms with Gasteiger partial charge in [0.1, 0.15) is 5.75 Å². The summed E-state index contributed by atoms with van der Waals surface area (Å²) in [5.74, 6) is 0.301. The SMILES string of the molecule is COc1ccc2c(c1)sc(=NC(=O)c1ccc(S(=O)(=O)N3C[C@H](C)O[C@@H](C)C3)cc1)n2C. The molecule has 3 aromatic rings. The molecule has 1 amide bonds. The van der Waals surface area contributed by atoms with Crippen molar-refractivity contribution >= 4 is 37.5 Å². The van der Waals surface area contributed by atoms with Gasteiger partial charge in [0.2, 0.25) is 10.0 Å². The van der Waals surface area contributed by atoms with Crippen LogP contribution in [0, 0.1) is 0 Å². The molecule has 0 aliphatic carbocycles. The number of aryl methyl sites for hydroxylation is 1. The van der Waals surface area contributed by atoms with Gasteiger partial charge in [0, 0.05) is 25.7 Å². The number of carbonyl (C=O) groups excluding carboxylic acids is 1. The van der Waals surface area contributed by atoms with Crippen LogP contribution in [0.4, 0.5) is 0 Å². The van der Waals surface area contributed by atoms with E-state index in [-0.39, 0.29) is 17.1 Å². The fraction of sp³-hybridized carbons (Fsp3) is 0.364. The molecule has 0 unspecified atom stereocenters. The Kier molecular flexibility index (Phi) is 6.22. The summed E-state index contributed by atoms with van der Waals surface area (Å²) in [5, 5.41) is 0. The molecule has 0 saturated carbocycles. The molecular weight excluding hydrogens is 450 g/mol.